The maximum atomic E-state index is 9.95. The molecule has 0 unspecified atom stereocenters. The Labute approximate surface area is 148 Å². The number of methoxy groups -OCH3 is 1. The van der Waals surface area contributed by atoms with E-state index in [-0.39, 0.29) is 6.61 Å². The molecule has 0 saturated carbocycles. The summed E-state index contributed by atoms with van der Waals surface area (Å²) in [5.74, 6) is 1.25. The number of nitrogens with two attached hydrogens (primary N) is 1. The number of aliphatic hydroxyl groups is 1. The topological polar surface area (TPSA) is 85.7 Å². The molecule has 1 aromatic carbocycles. The Balaban J connectivity index is 2.10. The summed E-state index contributed by atoms with van der Waals surface area (Å²) in [6.07, 6.45) is 1.43. The van der Waals surface area contributed by atoms with E-state index in [0.717, 1.165) is 48.6 Å². The number of aromatic nitrogens is 3. The lowest BCUT2D eigenvalue weighted by Gasteiger charge is -2.02. The van der Waals surface area contributed by atoms with Gasteiger partial charge < -0.3 is 15.6 Å². The van der Waals surface area contributed by atoms with E-state index in [9.17, 15) is 5.11 Å². The Kier molecular flexibility index (Phi) is 3.63. The molecule has 0 spiro atoms. The average Bonchev–Trinajstić information content (AvgIpc) is 3.13. The summed E-state index contributed by atoms with van der Waals surface area (Å²) in [6.45, 7) is 3.88. The van der Waals surface area contributed by atoms with Gasteiger partial charge >= 0.3 is 0 Å². The van der Waals surface area contributed by atoms with E-state index in [1.807, 2.05) is 19.9 Å². The van der Waals surface area contributed by atoms with Gasteiger partial charge in [0.2, 0.25) is 0 Å². The molecule has 3 heterocycles. The van der Waals surface area contributed by atoms with E-state index in [2.05, 4.69) is 22.2 Å². The predicted octanol–water partition coefficient (Wildman–Crippen LogP) is 3.31. The number of aliphatic hydroxyl groups excluding tert-OH is 1. The van der Waals surface area contributed by atoms with Gasteiger partial charge in [0, 0.05) is 21.7 Å². The molecule has 0 atom stereocenters. The zero-order valence-electron chi connectivity index (χ0n) is 14.2. The second kappa shape index (κ2) is 5.72. The van der Waals surface area contributed by atoms with Crippen molar-refractivity contribution in [1.82, 2.24) is 14.6 Å². The van der Waals surface area contributed by atoms with Gasteiger partial charge in [0.25, 0.3) is 0 Å². The van der Waals surface area contributed by atoms with Crippen molar-refractivity contribution in [3.8, 4) is 16.2 Å². The summed E-state index contributed by atoms with van der Waals surface area (Å²) in [5, 5.41) is 15.3. The van der Waals surface area contributed by atoms with E-state index < -0.39 is 0 Å². The van der Waals surface area contributed by atoms with Gasteiger partial charge in [-0.25, -0.2) is 9.50 Å². The van der Waals surface area contributed by atoms with E-state index in [1.54, 1.807) is 23.0 Å². The number of thiophene rings is 1. The summed E-state index contributed by atoms with van der Waals surface area (Å²) < 4.78 is 8.35. The molecule has 3 aromatic heterocycles. The number of benzene rings is 1. The SMILES string of the molecule is COc1cc(C)cc2cc(-c3c(CO)c(C)n4ncnc(N)c34)sc12. The van der Waals surface area contributed by atoms with Crippen molar-refractivity contribution in [2.24, 2.45) is 0 Å². The van der Waals surface area contributed by atoms with Crippen molar-refractivity contribution in [1.29, 1.82) is 0 Å². The molecule has 128 valence electrons. The fourth-order valence-electron chi connectivity index (χ4n) is 3.30. The Morgan fingerprint density at radius 2 is 2.08 bits per heavy atom. The third-order valence-electron chi connectivity index (χ3n) is 4.46. The first-order valence-corrected chi connectivity index (χ1v) is 8.66. The summed E-state index contributed by atoms with van der Waals surface area (Å²) >= 11 is 1.62. The highest BCUT2D eigenvalue weighted by molar-refractivity contribution is 7.22. The lowest BCUT2D eigenvalue weighted by atomic mass is 10.1. The van der Waals surface area contributed by atoms with Gasteiger partial charge in [-0.1, -0.05) is 6.07 Å². The molecular weight excluding hydrogens is 336 g/mol. The summed E-state index contributed by atoms with van der Waals surface area (Å²) in [4.78, 5) is 5.14. The first-order chi connectivity index (χ1) is 12.0. The van der Waals surface area contributed by atoms with Gasteiger partial charge in [0.15, 0.2) is 5.82 Å². The lowest BCUT2D eigenvalue weighted by molar-refractivity contribution is 0.281. The number of rotatable bonds is 3. The molecule has 0 saturated heterocycles. The largest absolute Gasteiger partial charge is 0.495 e. The van der Waals surface area contributed by atoms with E-state index in [1.165, 1.54) is 6.33 Å². The number of nitrogen functional groups attached to an aromatic ring is 1. The standard InChI is InChI=1S/C18H18N4O2S/c1-9-4-11-6-14(25-17(11)13(5-9)24-3)15-12(7-23)10(2)22-16(15)18(19)20-8-21-22/h4-6,8,23H,7H2,1-3H3,(H2,19,20,21). The van der Waals surface area contributed by atoms with Crippen LogP contribution in [-0.4, -0.2) is 26.8 Å². The third-order valence-corrected chi connectivity index (χ3v) is 5.65. The molecule has 0 aliphatic rings. The molecule has 4 rings (SSSR count). The minimum Gasteiger partial charge on any atom is -0.495 e. The van der Waals surface area contributed by atoms with Crippen LogP contribution in [0.1, 0.15) is 16.8 Å². The normalized spacial score (nSPS) is 11.5. The predicted molar refractivity (Wildman–Crippen MR) is 100 cm³/mol. The van der Waals surface area contributed by atoms with E-state index >= 15 is 0 Å². The van der Waals surface area contributed by atoms with Crippen molar-refractivity contribution in [3.63, 3.8) is 0 Å². The Hall–Kier alpha value is -2.64. The van der Waals surface area contributed by atoms with Crippen LogP contribution in [-0.2, 0) is 6.61 Å². The summed E-state index contributed by atoms with van der Waals surface area (Å²) in [7, 11) is 1.68. The molecule has 7 heteroatoms. The maximum absolute atomic E-state index is 9.95. The molecule has 3 N–H and O–H groups in total. The van der Waals surface area contributed by atoms with Gasteiger partial charge in [-0.05, 0) is 36.9 Å². The molecule has 25 heavy (non-hydrogen) atoms. The highest BCUT2D eigenvalue weighted by Gasteiger charge is 2.22. The number of fused-ring (bicyclic) bond motifs is 2. The first kappa shape index (κ1) is 15.9. The highest BCUT2D eigenvalue weighted by Crippen LogP contribution is 2.43. The van der Waals surface area contributed by atoms with Crippen LogP contribution in [0.15, 0.2) is 24.5 Å². The van der Waals surface area contributed by atoms with E-state index in [4.69, 9.17) is 10.5 Å². The van der Waals surface area contributed by atoms with Crippen molar-refractivity contribution < 1.29 is 9.84 Å². The van der Waals surface area contributed by atoms with Crippen molar-refractivity contribution in [2.75, 3.05) is 12.8 Å². The molecular formula is C18H18N4O2S. The molecule has 0 radical (unpaired) electrons. The highest BCUT2D eigenvalue weighted by atomic mass is 32.1. The van der Waals surface area contributed by atoms with Gasteiger partial charge in [-0.15, -0.1) is 11.3 Å². The quantitative estimate of drug-likeness (QED) is 0.589. The number of anilines is 1. The number of ether oxygens (including phenoxy) is 1. The van der Waals surface area contributed by atoms with Crippen LogP contribution in [0.4, 0.5) is 5.82 Å². The van der Waals surface area contributed by atoms with Gasteiger partial charge in [0.1, 0.15) is 17.6 Å². The van der Waals surface area contributed by atoms with Crippen LogP contribution in [0.25, 0.3) is 26.0 Å². The van der Waals surface area contributed by atoms with E-state index in [0.29, 0.717) is 5.82 Å². The zero-order chi connectivity index (χ0) is 17.7. The molecule has 0 aliphatic heterocycles. The van der Waals surface area contributed by atoms with Gasteiger partial charge in [0.05, 0.1) is 18.4 Å². The number of aryl methyl sites for hydroxylation is 2. The number of nitrogens with zero attached hydrogens (tertiary/aromatic N) is 3. The monoisotopic (exact) mass is 354 g/mol. The molecule has 0 bridgehead atoms. The fourth-order valence-corrected chi connectivity index (χ4v) is 4.51. The molecule has 0 amide bonds. The molecule has 0 fully saturated rings. The second-order valence-corrected chi connectivity index (χ2v) is 7.05. The van der Waals surface area contributed by atoms with Crippen LogP contribution in [0, 0.1) is 13.8 Å². The number of hydrogen-bond donors (Lipinski definition) is 2. The molecule has 4 aromatic rings. The van der Waals surface area contributed by atoms with Gasteiger partial charge in [-0.2, -0.15) is 5.10 Å². The van der Waals surface area contributed by atoms with Crippen LogP contribution >= 0.6 is 11.3 Å². The Morgan fingerprint density at radius 3 is 2.80 bits per heavy atom. The minimum absolute atomic E-state index is 0.0889. The van der Waals surface area contributed by atoms with Crippen molar-refractivity contribution in [2.45, 2.75) is 20.5 Å². The van der Waals surface area contributed by atoms with Crippen LogP contribution < -0.4 is 10.5 Å². The average molecular weight is 354 g/mol. The van der Waals surface area contributed by atoms with Crippen molar-refractivity contribution in [3.05, 3.63) is 41.3 Å². The van der Waals surface area contributed by atoms with Gasteiger partial charge in [-0.3, -0.25) is 0 Å². The molecule has 6 nitrogen and oxygen atoms in total. The Bertz CT molecular complexity index is 1110. The smallest absolute Gasteiger partial charge is 0.152 e. The Morgan fingerprint density at radius 1 is 1.28 bits per heavy atom. The lowest BCUT2D eigenvalue weighted by Crippen LogP contribution is -2.00. The maximum Gasteiger partial charge on any atom is 0.152 e. The van der Waals surface area contributed by atoms with Crippen molar-refractivity contribution >= 4 is 32.8 Å². The number of hydrogen-bond acceptors (Lipinski definition) is 6. The van der Waals surface area contributed by atoms with Crippen LogP contribution in [0.3, 0.4) is 0 Å². The first-order valence-electron chi connectivity index (χ1n) is 7.85. The summed E-state index contributed by atoms with van der Waals surface area (Å²) in [6, 6.07) is 6.26. The fraction of sp³-hybridized carbons (Fsp3) is 0.222. The van der Waals surface area contributed by atoms with Crippen LogP contribution in [0.5, 0.6) is 5.75 Å². The second-order valence-electron chi connectivity index (χ2n) is 6.00. The molecule has 0 aliphatic carbocycles. The summed E-state index contributed by atoms with van der Waals surface area (Å²) in [5.41, 5.74) is 10.6. The minimum atomic E-state index is -0.0889. The zero-order valence-corrected chi connectivity index (χ0v) is 15.0. The third kappa shape index (κ3) is 2.27. The van der Waals surface area contributed by atoms with Crippen LogP contribution in [0.2, 0.25) is 0 Å².